The first-order valence-electron chi connectivity index (χ1n) is 13.4. The number of methoxy groups -OCH3 is 1. The Bertz CT molecular complexity index is 1650. The highest BCUT2D eigenvalue weighted by molar-refractivity contribution is 14.1. The lowest BCUT2D eigenvalue weighted by Gasteiger charge is -2.28. The van der Waals surface area contributed by atoms with Crippen molar-refractivity contribution in [3.05, 3.63) is 99.6 Å². The molecule has 1 aromatic heterocycles. The topological polar surface area (TPSA) is 116 Å². The van der Waals surface area contributed by atoms with E-state index in [1.807, 2.05) is 42.3 Å². The molecular weight excluding hydrogens is 669 g/mol. The molecule has 1 saturated carbocycles. The molecule has 3 N–H and O–H groups in total. The lowest BCUT2D eigenvalue weighted by atomic mass is 9.97. The fraction of sp³-hybridized carbons (Fsp3) is 0.226. The summed E-state index contributed by atoms with van der Waals surface area (Å²) >= 11 is 8.67. The molecule has 0 unspecified atom stereocenters. The van der Waals surface area contributed by atoms with E-state index in [-0.39, 0.29) is 5.75 Å². The van der Waals surface area contributed by atoms with Gasteiger partial charge in [0, 0.05) is 34.5 Å². The number of amides is 2. The average Bonchev–Trinajstić information content (AvgIpc) is 3.84. The molecule has 1 fully saturated rings. The Morgan fingerprint density at radius 3 is 2.62 bits per heavy atom. The number of aromatic nitrogens is 1. The number of nitrogens with one attached hydrogen (secondary N) is 2. The average molecular weight is 698 g/mol. The highest BCUT2D eigenvalue weighted by Crippen LogP contribution is 2.38. The number of rotatable bonds is 8. The van der Waals surface area contributed by atoms with Gasteiger partial charge in [-0.25, -0.2) is 9.59 Å². The van der Waals surface area contributed by atoms with Gasteiger partial charge in [0.1, 0.15) is 5.75 Å². The van der Waals surface area contributed by atoms with E-state index in [2.05, 4.69) is 38.2 Å². The monoisotopic (exact) mass is 697 g/mol. The van der Waals surface area contributed by atoms with Gasteiger partial charge in [-0.05, 0) is 73.2 Å². The van der Waals surface area contributed by atoms with Crippen LogP contribution in [0.15, 0.2) is 83.0 Å². The van der Waals surface area contributed by atoms with Crippen LogP contribution in [0.5, 0.6) is 5.75 Å². The number of nitrogens with zero attached hydrogens (tertiary/aromatic N) is 3. The number of anilines is 1. The number of pyridine rings is 1. The molecule has 9 nitrogen and oxygen atoms in total. The third-order valence-corrected chi connectivity index (χ3v) is 7.70. The van der Waals surface area contributed by atoms with Crippen LogP contribution in [0, 0.1) is 0 Å². The molecule has 5 rings (SSSR count). The highest BCUT2D eigenvalue weighted by atomic mass is 127. The number of ether oxygens (including phenoxy) is 1. The van der Waals surface area contributed by atoms with Crippen molar-refractivity contribution < 1.29 is 19.4 Å². The molecule has 0 radical (unpaired) electrons. The van der Waals surface area contributed by atoms with Crippen LogP contribution in [0.4, 0.5) is 10.5 Å². The van der Waals surface area contributed by atoms with Gasteiger partial charge in [0.15, 0.2) is 0 Å². The first kappa shape index (κ1) is 29.6. The van der Waals surface area contributed by atoms with Gasteiger partial charge in [0.25, 0.3) is 0 Å². The Morgan fingerprint density at radius 1 is 1.12 bits per heavy atom. The molecule has 0 spiro atoms. The number of alkyl halides is 1. The summed E-state index contributed by atoms with van der Waals surface area (Å²) in [4.78, 5) is 29.6. The van der Waals surface area contributed by atoms with Crippen molar-refractivity contribution in [1.29, 1.82) is 0 Å². The highest BCUT2D eigenvalue weighted by Gasteiger charge is 2.29. The Morgan fingerprint density at radius 2 is 1.90 bits per heavy atom. The summed E-state index contributed by atoms with van der Waals surface area (Å²) in [5.74, 6) is -0.456. The quantitative estimate of drug-likeness (QED) is 0.138. The molecule has 42 heavy (non-hydrogen) atoms. The normalized spacial score (nSPS) is 14.2. The predicted octanol–water partition coefficient (Wildman–Crippen LogP) is 6.66. The number of allylic oxidation sites excluding steroid dienone is 2. The molecular formula is C31H29ClIN5O4. The first-order chi connectivity index (χ1) is 20.3. The minimum Gasteiger partial charge on any atom is -0.507 e. The second-order valence-corrected chi connectivity index (χ2v) is 11.2. The number of esters is 1. The number of likely N-dealkylation sites (N-methyl/N-ethyl adjacent to an activating group) is 1. The van der Waals surface area contributed by atoms with Crippen molar-refractivity contribution in [2.75, 3.05) is 23.4 Å². The van der Waals surface area contributed by atoms with Crippen LogP contribution < -0.4 is 10.6 Å². The number of phenolic OH excluding ortho intramolecular Hbond substituents is 1. The number of hydrogen-bond donors (Lipinski definition) is 3. The van der Waals surface area contributed by atoms with Gasteiger partial charge < -0.3 is 20.5 Å². The Balaban J connectivity index is 1.48. The summed E-state index contributed by atoms with van der Waals surface area (Å²) in [5, 5.41) is 23.7. The fourth-order valence-corrected chi connectivity index (χ4v) is 5.53. The summed E-state index contributed by atoms with van der Waals surface area (Å²) in [5.41, 5.74) is 7.07. The van der Waals surface area contributed by atoms with Gasteiger partial charge in [-0.1, -0.05) is 52.4 Å². The number of aromatic hydroxyl groups is 1. The molecule has 0 saturated heterocycles. The lowest BCUT2D eigenvalue weighted by molar-refractivity contribution is 0.0600. The van der Waals surface area contributed by atoms with E-state index in [9.17, 15) is 14.7 Å². The summed E-state index contributed by atoms with van der Waals surface area (Å²) in [6.07, 6.45) is 7.69. The van der Waals surface area contributed by atoms with E-state index in [1.54, 1.807) is 12.3 Å². The Hall–Kier alpha value is -3.90. The van der Waals surface area contributed by atoms with Crippen LogP contribution in [0.2, 0.25) is 5.02 Å². The zero-order valence-electron chi connectivity index (χ0n) is 23.1. The van der Waals surface area contributed by atoms with Crippen molar-refractivity contribution in [1.82, 2.24) is 15.3 Å². The van der Waals surface area contributed by atoms with Gasteiger partial charge in [-0.3, -0.25) is 9.99 Å². The van der Waals surface area contributed by atoms with E-state index in [4.69, 9.17) is 21.4 Å². The minimum atomic E-state index is -0.491. The molecule has 2 amide bonds. The lowest BCUT2D eigenvalue weighted by Crippen LogP contribution is -2.35. The number of urea groups is 1. The van der Waals surface area contributed by atoms with Crippen molar-refractivity contribution in [3.8, 4) is 16.9 Å². The molecule has 11 heteroatoms. The first-order valence-corrected chi connectivity index (χ1v) is 15.3. The number of hydrazone groups is 1. The van der Waals surface area contributed by atoms with E-state index in [1.165, 1.54) is 31.0 Å². The van der Waals surface area contributed by atoms with E-state index >= 15 is 0 Å². The molecule has 3 aromatic rings. The number of hydrogen-bond acceptors (Lipinski definition) is 7. The molecule has 1 aliphatic carbocycles. The summed E-state index contributed by atoms with van der Waals surface area (Å²) in [7, 11) is 1.31. The standard InChI is InChI=1S/C31H29ClIN5O4/c1-3-38-29(18-7-8-18)26(35-31(41)36-28-22(11-12-33)16-34-17-24(28)32)15-25(37-38)20-6-4-5-19(13-20)23-14-21(30(40)42-2)9-10-27(23)39/h4-6,9-10,13-17,39H,3,7-8,11-12H2,1-2H3,(H2,34,35,36,41). The van der Waals surface area contributed by atoms with Gasteiger partial charge in [0.2, 0.25) is 0 Å². The third-order valence-electron chi connectivity index (χ3n) is 6.87. The molecule has 0 atom stereocenters. The Kier molecular flexibility index (Phi) is 9.12. The number of carbonyl (C=O) groups excluding carboxylic acids is 2. The molecule has 1 aliphatic heterocycles. The zero-order valence-corrected chi connectivity index (χ0v) is 26.0. The van der Waals surface area contributed by atoms with Crippen molar-refractivity contribution >= 4 is 57.6 Å². The van der Waals surface area contributed by atoms with Gasteiger partial charge >= 0.3 is 12.0 Å². The number of halogens is 2. The van der Waals surface area contributed by atoms with Crippen molar-refractivity contribution in [3.63, 3.8) is 0 Å². The van der Waals surface area contributed by atoms with E-state index in [0.29, 0.717) is 45.4 Å². The second-order valence-electron chi connectivity index (χ2n) is 9.69. The summed E-state index contributed by atoms with van der Waals surface area (Å²) in [6.45, 7) is 2.60. The molecule has 0 bridgehead atoms. The van der Waals surface area contributed by atoms with Crippen LogP contribution >= 0.6 is 34.2 Å². The van der Waals surface area contributed by atoms with Crippen LogP contribution in [0.1, 0.15) is 41.3 Å². The number of benzene rings is 2. The van der Waals surface area contributed by atoms with Crippen molar-refractivity contribution in [2.24, 2.45) is 5.10 Å². The van der Waals surface area contributed by atoms with Crippen LogP contribution in [-0.2, 0) is 11.2 Å². The SMILES string of the molecule is CCN1N=C(c2cccc(-c3cc(C(=O)OC)ccc3O)c2)C=C(NC(=O)Nc2c(Cl)cncc2CCI)C1=C1CC1. The minimum absolute atomic E-state index is 0.0348. The second kappa shape index (κ2) is 13.0. The largest absolute Gasteiger partial charge is 0.507 e. The zero-order chi connectivity index (χ0) is 29.8. The molecule has 2 heterocycles. The molecule has 2 aliphatic rings. The number of phenols is 1. The van der Waals surface area contributed by atoms with Gasteiger partial charge in [-0.15, -0.1) is 0 Å². The van der Waals surface area contributed by atoms with Gasteiger partial charge in [-0.2, -0.15) is 5.10 Å². The van der Waals surface area contributed by atoms with Gasteiger partial charge in [0.05, 0.1) is 40.5 Å². The van der Waals surface area contributed by atoms with Crippen molar-refractivity contribution in [2.45, 2.75) is 26.2 Å². The summed E-state index contributed by atoms with van der Waals surface area (Å²) < 4.78 is 5.70. The maximum Gasteiger partial charge on any atom is 0.337 e. The number of aryl methyl sites for hydroxylation is 1. The van der Waals surface area contributed by atoms with Crippen LogP contribution in [0.25, 0.3) is 11.1 Å². The summed E-state index contributed by atoms with van der Waals surface area (Å²) in [6, 6.07) is 11.7. The molecule has 2 aromatic carbocycles. The maximum absolute atomic E-state index is 13.3. The number of carbonyl (C=O) groups is 2. The smallest absolute Gasteiger partial charge is 0.337 e. The predicted molar refractivity (Wildman–Crippen MR) is 172 cm³/mol. The maximum atomic E-state index is 13.3. The van der Waals surface area contributed by atoms with E-state index in [0.717, 1.165) is 40.5 Å². The van der Waals surface area contributed by atoms with Crippen LogP contribution in [0.3, 0.4) is 0 Å². The third kappa shape index (κ3) is 6.44. The van der Waals surface area contributed by atoms with E-state index < -0.39 is 12.0 Å². The van der Waals surface area contributed by atoms with Crippen LogP contribution in [-0.4, -0.2) is 50.9 Å². The molecule has 216 valence electrons. The Labute approximate surface area is 262 Å². The fourth-order valence-electron chi connectivity index (χ4n) is 4.72.